The van der Waals surface area contributed by atoms with Gasteiger partial charge >= 0.3 is 0 Å². The molecule has 0 saturated carbocycles. The summed E-state index contributed by atoms with van der Waals surface area (Å²) in [6.07, 6.45) is 2.90. The van der Waals surface area contributed by atoms with Crippen molar-refractivity contribution >= 4 is 32.0 Å². The maximum Gasteiger partial charge on any atom is 0.222 e. The molecule has 0 heterocycles. The Morgan fingerprint density at radius 3 is 2.83 bits per heavy atom. The van der Waals surface area contributed by atoms with Crippen molar-refractivity contribution in [2.24, 2.45) is 0 Å². The number of halogens is 1. The van der Waals surface area contributed by atoms with E-state index >= 15 is 0 Å². The van der Waals surface area contributed by atoms with E-state index in [1.54, 1.807) is 0 Å². The van der Waals surface area contributed by atoms with Crippen LogP contribution < -0.4 is 0 Å². The molecule has 1 aromatic rings. The fourth-order valence-electron chi connectivity index (χ4n) is 1.47. The average molecular weight is 270 g/mol. The Bertz CT molecular complexity index is 366. The molecular formula is C10H7IO. The fourth-order valence-corrected chi connectivity index (χ4v) is 1.98. The Balaban J connectivity index is 2.52. The number of carbonyl (C=O) groups is 1. The number of rotatable bonds is 1. The van der Waals surface area contributed by atoms with Crippen molar-refractivity contribution in [3.63, 3.8) is 0 Å². The quantitative estimate of drug-likeness (QED) is 0.566. The third kappa shape index (κ3) is 1.20. The van der Waals surface area contributed by atoms with E-state index in [4.69, 9.17) is 0 Å². The van der Waals surface area contributed by atoms with Gasteiger partial charge in [0.25, 0.3) is 0 Å². The predicted molar refractivity (Wildman–Crippen MR) is 57.2 cm³/mol. The molecule has 0 aliphatic heterocycles. The lowest BCUT2D eigenvalue weighted by Crippen LogP contribution is -1.89. The first kappa shape index (κ1) is 7.98. The summed E-state index contributed by atoms with van der Waals surface area (Å²) in [5.41, 5.74) is 3.24. The van der Waals surface area contributed by atoms with Crippen LogP contribution in [0.2, 0.25) is 0 Å². The van der Waals surface area contributed by atoms with Crippen LogP contribution >= 0.6 is 22.6 Å². The summed E-state index contributed by atoms with van der Waals surface area (Å²) < 4.78 is 0.137. The van der Waals surface area contributed by atoms with Crippen LogP contribution in [0.5, 0.6) is 0 Å². The Morgan fingerprint density at radius 1 is 1.33 bits per heavy atom. The zero-order valence-electron chi connectivity index (χ0n) is 6.38. The molecule has 0 aromatic heterocycles. The molecule has 0 radical (unpaired) electrons. The smallest absolute Gasteiger partial charge is 0.222 e. The summed E-state index contributed by atoms with van der Waals surface area (Å²) in [4.78, 5) is 11.1. The van der Waals surface area contributed by atoms with Gasteiger partial charge in [0.15, 0.2) is 0 Å². The lowest BCUT2D eigenvalue weighted by atomic mass is 10.1. The molecular weight excluding hydrogens is 263 g/mol. The second-order valence-corrected chi connectivity index (χ2v) is 3.73. The zero-order valence-corrected chi connectivity index (χ0v) is 8.54. The van der Waals surface area contributed by atoms with Gasteiger partial charge in [0.1, 0.15) is 0 Å². The van der Waals surface area contributed by atoms with Gasteiger partial charge in [-0.15, -0.1) is 0 Å². The minimum atomic E-state index is 0.137. The van der Waals surface area contributed by atoms with Gasteiger partial charge in [-0.3, -0.25) is 4.79 Å². The molecule has 0 unspecified atom stereocenters. The van der Waals surface area contributed by atoms with Crippen molar-refractivity contribution in [1.29, 1.82) is 0 Å². The van der Waals surface area contributed by atoms with E-state index in [-0.39, 0.29) is 3.79 Å². The highest BCUT2D eigenvalue weighted by molar-refractivity contribution is 14.1. The van der Waals surface area contributed by atoms with E-state index < -0.39 is 0 Å². The lowest BCUT2D eigenvalue weighted by molar-refractivity contribution is -0.104. The van der Waals surface area contributed by atoms with Crippen molar-refractivity contribution < 1.29 is 4.79 Å². The first-order valence-corrected chi connectivity index (χ1v) is 4.85. The van der Waals surface area contributed by atoms with Crippen LogP contribution in [0.4, 0.5) is 0 Å². The van der Waals surface area contributed by atoms with Crippen LogP contribution in [0.15, 0.2) is 30.3 Å². The fraction of sp³-hybridized carbons (Fsp3) is 0.100. The van der Waals surface area contributed by atoms with Gasteiger partial charge in [0.05, 0.1) is 0 Å². The summed E-state index contributed by atoms with van der Waals surface area (Å²) >= 11 is 1.83. The summed E-state index contributed by atoms with van der Waals surface area (Å²) in [5.74, 6) is 0. The van der Waals surface area contributed by atoms with Crippen molar-refractivity contribution in [3.05, 3.63) is 41.5 Å². The standard InChI is InChI=1S/C10H7IO/c11-10(12)9-6-5-7-3-1-2-4-8(7)9/h1-4,6H,5H2. The van der Waals surface area contributed by atoms with E-state index in [1.165, 1.54) is 5.56 Å². The normalized spacial score (nSPS) is 13.9. The molecule has 1 nitrogen and oxygen atoms in total. The Kier molecular flexibility index (Phi) is 2.00. The van der Waals surface area contributed by atoms with E-state index in [0.29, 0.717) is 0 Å². The second-order valence-electron chi connectivity index (χ2n) is 2.75. The molecule has 1 aliphatic rings. The molecule has 0 atom stereocenters. The van der Waals surface area contributed by atoms with Crippen LogP contribution in [0.25, 0.3) is 5.57 Å². The largest absolute Gasteiger partial charge is 0.282 e. The van der Waals surface area contributed by atoms with Gasteiger partial charge in [0, 0.05) is 28.2 Å². The van der Waals surface area contributed by atoms with Crippen LogP contribution in [0.3, 0.4) is 0 Å². The highest BCUT2D eigenvalue weighted by Gasteiger charge is 2.16. The van der Waals surface area contributed by atoms with Crippen molar-refractivity contribution in [1.82, 2.24) is 0 Å². The Hall–Kier alpha value is -0.640. The Morgan fingerprint density at radius 2 is 2.08 bits per heavy atom. The van der Waals surface area contributed by atoms with Crippen LogP contribution in [-0.2, 0) is 11.2 Å². The van der Waals surface area contributed by atoms with E-state index in [2.05, 4.69) is 6.07 Å². The third-order valence-electron chi connectivity index (χ3n) is 2.05. The zero-order chi connectivity index (χ0) is 8.55. The maximum atomic E-state index is 11.1. The molecule has 1 aliphatic carbocycles. The molecule has 0 bridgehead atoms. The van der Waals surface area contributed by atoms with Crippen LogP contribution in [-0.4, -0.2) is 3.79 Å². The van der Waals surface area contributed by atoms with Gasteiger partial charge in [0.2, 0.25) is 3.79 Å². The number of hydrogen-bond acceptors (Lipinski definition) is 1. The number of fused-ring (bicyclic) bond motifs is 1. The number of allylic oxidation sites excluding steroid dienone is 2. The van der Waals surface area contributed by atoms with Crippen molar-refractivity contribution in [2.45, 2.75) is 6.42 Å². The molecule has 0 amide bonds. The molecule has 2 rings (SSSR count). The molecule has 0 spiro atoms. The molecule has 0 saturated heterocycles. The SMILES string of the molecule is O=C(I)C1=CCc2ccccc21. The molecule has 0 fully saturated rings. The van der Waals surface area contributed by atoms with Crippen LogP contribution in [0, 0.1) is 0 Å². The van der Waals surface area contributed by atoms with E-state index in [0.717, 1.165) is 17.6 Å². The van der Waals surface area contributed by atoms with E-state index in [9.17, 15) is 4.79 Å². The first-order valence-electron chi connectivity index (χ1n) is 3.77. The van der Waals surface area contributed by atoms with Crippen LogP contribution in [0.1, 0.15) is 11.1 Å². The summed E-state index contributed by atoms with van der Waals surface area (Å²) in [5, 5.41) is 0. The summed E-state index contributed by atoms with van der Waals surface area (Å²) in [7, 11) is 0. The van der Waals surface area contributed by atoms with Gasteiger partial charge < -0.3 is 0 Å². The van der Waals surface area contributed by atoms with Gasteiger partial charge in [-0.05, 0) is 17.5 Å². The molecule has 60 valence electrons. The molecule has 2 heteroatoms. The van der Waals surface area contributed by atoms with Crippen molar-refractivity contribution in [2.75, 3.05) is 0 Å². The first-order chi connectivity index (χ1) is 5.79. The topological polar surface area (TPSA) is 17.1 Å². The van der Waals surface area contributed by atoms with Gasteiger partial charge in [-0.1, -0.05) is 30.3 Å². The predicted octanol–water partition coefficient (Wildman–Crippen LogP) is 2.59. The summed E-state index contributed by atoms with van der Waals surface area (Å²) in [6, 6.07) is 8.05. The molecule has 1 aromatic carbocycles. The maximum absolute atomic E-state index is 11.1. The Labute approximate surface area is 84.6 Å². The van der Waals surface area contributed by atoms with Gasteiger partial charge in [-0.2, -0.15) is 0 Å². The number of carbonyl (C=O) groups excluding carboxylic acids is 1. The number of hydrogen-bond donors (Lipinski definition) is 0. The highest BCUT2D eigenvalue weighted by Crippen LogP contribution is 2.28. The lowest BCUT2D eigenvalue weighted by Gasteiger charge is -1.99. The minimum absolute atomic E-state index is 0.137. The van der Waals surface area contributed by atoms with Crippen molar-refractivity contribution in [3.8, 4) is 0 Å². The minimum Gasteiger partial charge on any atom is -0.282 e. The average Bonchev–Trinajstić information content (AvgIpc) is 2.47. The molecule has 0 N–H and O–H groups in total. The van der Waals surface area contributed by atoms with E-state index in [1.807, 2.05) is 46.9 Å². The number of benzene rings is 1. The van der Waals surface area contributed by atoms with Gasteiger partial charge in [-0.25, -0.2) is 0 Å². The third-order valence-corrected chi connectivity index (χ3v) is 2.63. The highest BCUT2D eigenvalue weighted by atomic mass is 127. The monoisotopic (exact) mass is 270 g/mol. The summed E-state index contributed by atoms with van der Waals surface area (Å²) in [6.45, 7) is 0. The molecule has 12 heavy (non-hydrogen) atoms. The second kappa shape index (κ2) is 3.01.